The van der Waals surface area contributed by atoms with Crippen LogP contribution in [0.5, 0.6) is 0 Å². The van der Waals surface area contributed by atoms with Gasteiger partial charge in [-0.2, -0.15) is 13.2 Å². The molecule has 1 aromatic carbocycles. The molecule has 1 amide bonds. The zero-order chi connectivity index (χ0) is 21.3. The summed E-state index contributed by atoms with van der Waals surface area (Å²) >= 11 is 0. The Hall–Kier alpha value is -3.10. The van der Waals surface area contributed by atoms with Gasteiger partial charge in [0, 0.05) is 23.5 Å². The average Bonchev–Trinajstić information content (AvgIpc) is 3.13. The van der Waals surface area contributed by atoms with Crippen LogP contribution >= 0.6 is 0 Å². The quantitative estimate of drug-likeness (QED) is 0.586. The molecule has 6 nitrogen and oxygen atoms in total. The smallest absolute Gasteiger partial charge is 0.382 e. The Labute approximate surface area is 171 Å². The summed E-state index contributed by atoms with van der Waals surface area (Å²) < 4.78 is 38.9. The summed E-state index contributed by atoms with van der Waals surface area (Å²) in [6, 6.07) is 10.2. The Morgan fingerprint density at radius 3 is 2.47 bits per heavy atom. The molecule has 4 rings (SSSR count). The fraction of sp³-hybridized carbons (Fsp3) is 0.381. The Bertz CT molecular complexity index is 1020. The third-order valence-corrected chi connectivity index (χ3v) is 5.28. The lowest BCUT2D eigenvalue weighted by Crippen LogP contribution is -2.40. The first kappa shape index (κ1) is 20.2. The van der Waals surface area contributed by atoms with E-state index in [0.717, 1.165) is 42.8 Å². The van der Waals surface area contributed by atoms with Crippen LogP contribution in [0.25, 0.3) is 11.0 Å². The van der Waals surface area contributed by atoms with Gasteiger partial charge in [0.25, 0.3) is 5.91 Å². The third kappa shape index (κ3) is 4.55. The van der Waals surface area contributed by atoms with Gasteiger partial charge in [-0.3, -0.25) is 4.79 Å². The number of carbonyl (C=O) groups is 1. The summed E-state index contributed by atoms with van der Waals surface area (Å²) in [6.45, 7) is 1.55. The molecule has 2 aromatic heterocycles. The molecular formula is C21H22F3N5O. The Morgan fingerprint density at radius 2 is 1.77 bits per heavy atom. The summed E-state index contributed by atoms with van der Waals surface area (Å²) in [4.78, 5) is 23.4. The van der Waals surface area contributed by atoms with Crippen molar-refractivity contribution < 1.29 is 18.0 Å². The number of nitrogens with one attached hydrogen (secondary N) is 3. The minimum absolute atomic E-state index is 0.00803. The first-order valence-corrected chi connectivity index (χ1v) is 9.86. The van der Waals surface area contributed by atoms with Crippen LogP contribution in [0.1, 0.15) is 47.7 Å². The van der Waals surface area contributed by atoms with Gasteiger partial charge >= 0.3 is 6.18 Å². The Balaban J connectivity index is 1.33. The molecule has 9 heteroatoms. The number of carbonyl (C=O) groups excluding carboxylic acids is 1. The van der Waals surface area contributed by atoms with Gasteiger partial charge in [0.1, 0.15) is 5.69 Å². The van der Waals surface area contributed by atoms with E-state index < -0.39 is 11.9 Å². The van der Waals surface area contributed by atoms with Crippen LogP contribution in [0.4, 0.5) is 18.9 Å². The number of amides is 1. The van der Waals surface area contributed by atoms with Crippen molar-refractivity contribution >= 4 is 22.6 Å². The lowest BCUT2D eigenvalue weighted by Gasteiger charge is -2.30. The van der Waals surface area contributed by atoms with Gasteiger partial charge in [0.15, 0.2) is 5.82 Å². The fourth-order valence-corrected chi connectivity index (χ4v) is 3.83. The van der Waals surface area contributed by atoms with Crippen molar-refractivity contribution in [2.24, 2.45) is 0 Å². The molecule has 0 bridgehead atoms. The van der Waals surface area contributed by atoms with Crippen molar-refractivity contribution in [3.8, 4) is 0 Å². The van der Waals surface area contributed by atoms with Crippen molar-refractivity contribution in [1.82, 2.24) is 20.3 Å². The third-order valence-electron chi connectivity index (χ3n) is 5.28. The van der Waals surface area contributed by atoms with Gasteiger partial charge in [0.2, 0.25) is 0 Å². The molecule has 0 spiro atoms. The van der Waals surface area contributed by atoms with Gasteiger partial charge in [-0.15, -0.1) is 0 Å². The lowest BCUT2D eigenvalue weighted by atomic mass is 9.91. The maximum Gasteiger partial charge on any atom is 0.433 e. The molecule has 3 aromatic rings. The summed E-state index contributed by atoms with van der Waals surface area (Å²) in [5.74, 6) is 0.0329. The van der Waals surface area contributed by atoms with E-state index in [-0.39, 0.29) is 23.8 Å². The highest BCUT2D eigenvalue weighted by atomic mass is 19.4. The normalized spacial score (nSPS) is 19.6. The number of hydrogen-bond acceptors (Lipinski definition) is 4. The van der Waals surface area contributed by atoms with Crippen molar-refractivity contribution in [3.05, 3.63) is 53.6 Å². The van der Waals surface area contributed by atoms with E-state index >= 15 is 0 Å². The number of imidazole rings is 1. The van der Waals surface area contributed by atoms with Gasteiger partial charge in [-0.1, -0.05) is 12.1 Å². The molecule has 1 fully saturated rings. The molecule has 0 radical (unpaired) electrons. The number of rotatable bonds is 4. The number of nitrogens with zero attached hydrogens (tertiary/aromatic N) is 2. The van der Waals surface area contributed by atoms with Crippen molar-refractivity contribution in [1.29, 1.82) is 0 Å². The molecule has 1 aliphatic rings. The van der Waals surface area contributed by atoms with E-state index in [1.54, 1.807) is 13.0 Å². The maximum absolute atomic E-state index is 13.0. The number of fused-ring (bicyclic) bond motifs is 1. The molecular weight excluding hydrogens is 395 g/mol. The molecule has 1 saturated carbocycles. The Morgan fingerprint density at radius 1 is 1.07 bits per heavy atom. The van der Waals surface area contributed by atoms with Crippen LogP contribution in [0.15, 0.2) is 36.4 Å². The molecule has 3 N–H and O–H groups in total. The molecule has 0 unspecified atom stereocenters. The Kier molecular flexibility index (Phi) is 5.36. The van der Waals surface area contributed by atoms with Crippen LogP contribution in [0.2, 0.25) is 0 Å². The molecule has 0 atom stereocenters. The first-order chi connectivity index (χ1) is 14.3. The second kappa shape index (κ2) is 7.97. The standard InChI is InChI=1S/C21H22F3N5O/c1-12-10-15(11-18(25-12)21(22,23)24)26-13-6-8-14(9-7-13)27-20(30)19-28-16-4-2-3-5-17(16)29-19/h2-5,10-11,13-14H,6-9H2,1H3,(H,25,26)(H,27,30)(H,28,29). The van der Waals surface area contributed by atoms with E-state index in [9.17, 15) is 18.0 Å². The minimum Gasteiger partial charge on any atom is -0.382 e. The van der Waals surface area contributed by atoms with E-state index in [1.807, 2.05) is 24.3 Å². The number of para-hydroxylation sites is 2. The second-order valence-corrected chi connectivity index (χ2v) is 7.65. The molecule has 2 heterocycles. The number of anilines is 1. The molecule has 0 saturated heterocycles. The summed E-state index contributed by atoms with van der Waals surface area (Å²) in [5, 5.41) is 6.19. The van der Waals surface area contributed by atoms with Crippen LogP contribution in [0, 0.1) is 6.92 Å². The number of benzene rings is 1. The van der Waals surface area contributed by atoms with Crippen molar-refractivity contribution in [3.63, 3.8) is 0 Å². The van der Waals surface area contributed by atoms with Gasteiger partial charge in [0.05, 0.1) is 11.0 Å². The monoisotopic (exact) mass is 417 g/mol. The number of alkyl halides is 3. The highest BCUT2D eigenvalue weighted by molar-refractivity contribution is 5.94. The highest BCUT2D eigenvalue weighted by Gasteiger charge is 2.33. The number of halogens is 3. The first-order valence-electron chi connectivity index (χ1n) is 9.86. The zero-order valence-corrected chi connectivity index (χ0v) is 16.4. The van der Waals surface area contributed by atoms with Gasteiger partial charge < -0.3 is 15.6 Å². The predicted molar refractivity (Wildman–Crippen MR) is 107 cm³/mol. The number of aromatic nitrogens is 3. The number of H-pyrrole nitrogens is 1. The number of aryl methyl sites for hydroxylation is 1. The van der Waals surface area contributed by atoms with Crippen molar-refractivity contribution in [2.75, 3.05) is 5.32 Å². The van der Waals surface area contributed by atoms with E-state index in [1.165, 1.54) is 0 Å². The van der Waals surface area contributed by atoms with Crippen LogP contribution < -0.4 is 10.6 Å². The average molecular weight is 417 g/mol. The topological polar surface area (TPSA) is 82.7 Å². The van der Waals surface area contributed by atoms with Crippen LogP contribution in [-0.4, -0.2) is 32.9 Å². The van der Waals surface area contributed by atoms with Crippen molar-refractivity contribution in [2.45, 2.75) is 50.9 Å². The van der Waals surface area contributed by atoms with Crippen LogP contribution in [-0.2, 0) is 6.18 Å². The predicted octanol–water partition coefficient (Wildman–Crippen LogP) is 4.44. The second-order valence-electron chi connectivity index (χ2n) is 7.65. The van der Waals surface area contributed by atoms with Crippen LogP contribution in [0.3, 0.4) is 0 Å². The van der Waals surface area contributed by atoms with Gasteiger partial charge in [-0.05, 0) is 56.9 Å². The number of pyridine rings is 1. The van der Waals surface area contributed by atoms with Gasteiger partial charge in [-0.25, -0.2) is 9.97 Å². The summed E-state index contributed by atoms with van der Waals surface area (Å²) in [7, 11) is 0. The molecule has 1 aliphatic carbocycles. The SMILES string of the molecule is Cc1cc(NC2CCC(NC(=O)c3nc4ccccc4[nH]3)CC2)cc(C(F)(F)F)n1. The zero-order valence-electron chi connectivity index (χ0n) is 16.4. The number of hydrogen-bond donors (Lipinski definition) is 3. The molecule has 0 aliphatic heterocycles. The minimum atomic E-state index is -4.47. The molecule has 30 heavy (non-hydrogen) atoms. The molecule has 158 valence electrons. The van der Waals surface area contributed by atoms with E-state index in [4.69, 9.17) is 0 Å². The summed E-state index contributed by atoms with van der Waals surface area (Å²) in [5.41, 5.74) is 1.39. The fourth-order valence-electron chi connectivity index (χ4n) is 3.83. The van der Waals surface area contributed by atoms with E-state index in [0.29, 0.717) is 11.4 Å². The highest BCUT2D eigenvalue weighted by Crippen LogP contribution is 2.31. The lowest BCUT2D eigenvalue weighted by molar-refractivity contribution is -0.141. The summed E-state index contributed by atoms with van der Waals surface area (Å²) in [6.07, 6.45) is -1.51. The maximum atomic E-state index is 13.0. The van der Waals surface area contributed by atoms with E-state index in [2.05, 4.69) is 25.6 Å². The largest absolute Gasteiger partial charge is 0.433 e. The number of aromatic amines is 1.